The van der Waals surface area contributed by atoms with Crippen LogP contribution in [0.5, 0.6) is 0 Å². The fraction of sp³-hybridized carbons (Fsp3) is 0.333. The van der Waals surface area contributed by atoms with Crippen LogP contribution in [0.15, 0.2) is 40.9 Å². The lowest BCUT2D eigenvalue weighted by Crippen LogP contribution is -2.25. The van der Waals surface area contributed by atoms with Crippen LogP contribution in [0, 0.1) is 0 Å². The van der Waals surface area contributed by atoms with Crippen molar-refractivity contribution in [3.8, 4) is 0 Å². The number of ether oxygens (including phenoxy) is 1. The normalized spacial score (nSPS) is 12.8. The summed E-state index contributed by atoms with van der Waals surface area (Å²) < 4.78 is 4.91. The van der Waals surface area contributed by atoms with Gasteiger partial charge in [0.15, 0.2) is 0 Å². The van der Waals surface area contributed by atoms with E-state index in [1.807, 2.05) is 0 Å². The number of rotatable bonds is 7. The van der Waals surface area contributed by atoms with Crippen LogP contribution in [0.1, 0.15) is 18.9 Å². The molecule has 0 aliphatic heterocycles. The van der Waals surface area contributed by atoms with E-state index >= 15 is 0 Å². The molecule has 0 radical (unpaired) electrons. The molecule has 114 valence electrons. The molecule has 0 heterocycles. The summed E-state index contributed by atoms with van der Waals surface area (Å²) in [6.07, 6.45) is 0.420. The molecule has 1 aromatic carbocycles. The molecule has 0 atom stereocenters. The van der Waals surface area contributed by atoms with Gasteiger partial charge in [0.1, 0.15) is 17.2 Å². The zero-order chi connectivity index (χ0) is 15.7. The third-order valence-electron chi connectivity index (χ3n) is 2.62. The maximum absolute atomic E-state index is 12.0. The molecule has 0 aliphatic rings. The van der Waals surface area contributed by atoms with Crippen molar-refractivity contribution >= 4 is 17.6 Å². The number of amidine groups is 1. The van der Waals surface area contributed by atoms with Gasteiger partial charge >= 0.3 is 5.97 Å². The van der Waals surface area contributed by atoms with Crippen molar-refractivity contribution in [2.24, 2.45) is 10.7 Å². The Hall–Kier alpha value is -2.34. The molecule has 6 heteroatoms. The van der Waals surface area contributed by atoms with Crippen molar-refractivity contribution in [3.05, 3.63) is 41.5 Å². The van der Waals surface area contributed by atoms with Crippen molar-refractivity contribution < 1.29 is 19.7 Å². The third kappa shape index (κ3) is 4.92. The van der Waals surface area contributed by atoms with Gasteiger partial charge in [-0.1, -0.05) is 30.3 Å². The second-order valence-corrected chi connectivity index (χ2v) is 4.15. The van der Waals surface area contributed by atoms with E-state index in [1.165, 1.54) is 0 Å². The van der Waals surface area contributed by atoms with Gasteiger partial charge in [-0.2, -0.15) is 0 Å². The summed E-state index contributed by atoms with van der Waals surface area (Å²) in [4.78, 5) is 16.0. The van der Waals surface area contributed by atoms with Gasteiger partial charge in [0.2, 0.25) is 0 Å². The van der Waals surface area contributed by atoms with Crippen LogP contribution in [-0.4, -0.2) is 41.8 Å². The lowest BCUT2D eigenvalue weighted by Gasteiger charge is -2.10. The van der Waals surface area contributed by atoms with Crippen LogP contribution in [0.25, 0.3) is 5.76 Å². The molecule has 4 N–H and O–H groups in total. The molecule has 1 aromatic rings. The Kier molecular flexibility index (Phi) is 6.97. The number of hydrogen-bond acceptors (Lipinski definition) is 5. The van der Waals surface area contributed by atoms with Gasteiger partial charge in [0, 0.05) is 18.7 Å². The van der Waals surface area contributed by atoms with Crippen molar-refractivity contribution in [1.29, 1.82) is 0 Å². The topological polar surface area (TPSA) is 105 Å². The molecule has 0 spiro atoms. The van der Waals surface area contributed by atoms with E-state index in [9.17, 15) is 9.90 Å². The highest BCUT2D eigenvalue weighted by Gasteiger charge is 2.21. The van der Waals surface area contributed by atoms with Gasteiger partial charge in [0.25, 0.3) is 0 Å². The summed E-state index contributed by atoms with van der Waals surface area (Å²) in [5.74, 6) is -1.12. The molecular weight excluding hydrogens is 272 g/mol. The largest absolute Gasteiger partial charge is 0.506 e. The van der Waals surface area contributed by atoms with E-state index in [4.69, 9.17) is 15.6 Å². The predicted molar refractivity (Wildman–Crippen MR) is 80.8 cm³/mol. The number of aliphatic imine (C=N–C) groups is 1. The van der Waals surface area contributed by atoms with Gasteiger partial charge in [-0.05, 0) is 13.3 Å². The van der Waals surface area contributed by atoms with Gasteiger partial charge in [-0.3, -0.25) is 4.99 Å². The lowest BCUT2D eigenvalue weighted by molar-refractivity contribution is -0.137. The number of nitrogens with zero attached hydrogens (tertiary/aromatic N) is 1. The molecule has 0 aromatic heterocycles. The molecule has 0 bridgehead atoms. The molecular formula is C15H20N2O4. The zero-order valence-corrected chi connectivity index (χ0v) is 12.0. The number of carbonyl (C=O) groups excluding carboxylic acids is 1. The maximum Gasteiger partial charge on any atom is 0.345 e. The molecule has 21 heavy (non-hydrogen) atoms. The Labute approximate surface area is 123 Å². The Morgan fingerprint density at radius 2 is 2.00 bits per heavy atom. The highest BCUT2D eigenvalue weighted by molar-refractivity contribution is 6.22. The summed E-state index contributed by atoms with van der Waals surface area (Å²) in [5, 5.41) is 19.0. The van der Waals surface area contributed by atoms with Crippen LogP contribution in [-0.2, 0) is 9.53 Å². The first-order valence-electron chi connectivity index (χ1n) is 6.68. The standard InChI is InChI=1S/C15H20N2O4/c1-2-21-15(20)12(14(16)17-9-6-10-18)13(19)11-7-4-3-5-8-11/h3-5,7-8,18-19H,2,6,9-10H2,1H3,(H2,16,17). The first kappa shape index (κ1) is 16.7. The summed E-state index contributed by atoms with van der Waals surface area (Å²) >= 11 is 0. The fourth-order valence-corrected chi connectivity index (χ4v) is 1.62. The Morgan fingerprint density at radius 1 is 1.33 bits per heavy atom. The average Bonchev–Trinajstić information content (AvgIpc) is 2.49. The number of carbonyl (C=O) groups is 1. The second kappa shape index (κ2) is 8.76. The van der Waals surface area contributed by atoms with Crippen molar-refractivity contribution in [2.45, 2.75) is 13.3 Å². The van der Waals surface area contributed by atoms with E-state index in [0.717, 1.165) is 0 Å². The number of aliphatic hydroxyl groups is 2. The Bertz CT molecular complexity index is 524. The fourth-order valence-electron chi connectivity index (χ4n) is 1.62. The molecule has 0 unspecified atom stereocenters. The number of hydrogen-bond donors (Lipinski definition) is 3. The zero-order valence-electron chi connectivity index (χ0n) is 12.0. The van der Waals surface area contributed by atoms with E-state index in [-0.39, 0.29) is 36.9 Å². The minimum Gasteiger partial charge on any atom is -0.506 e. The minimum absolute atomic E-state index is 0.0279. The lowest BCUT2D eigenvalue weighted by atomic mass is 10.1. The number of nitrogens with two attached hydrogens (primary N) is 1. The van der Waals surface area contributed by atoms with Crippen LogP contribution < -0.4 is 5.73 Å². The smallest absolute Gasteiger partial charge is 0.345 e. The van der Waals surface area contributed by atoms with Crippen LogP contribution in [0.2, 0.25) is 0 Å². The second-order valence-electron chi connectivity index (χ2n) is 4.15. The molecule has 0 aliphatic carbocycles. The van der Waals surface area contributed by atoms with Crippen LogP contribution in [0.3, 0.4) is 0 Å². The molecule has 0 amide bonds. The first-order chi connectivity index (χ1) is 10.1. The third-order valence-corrected chi connectivity index (χ3v) is 2.62. The maximum atomic E-state index is 12.0. The van der Waals surface area contributed by atoms with E-state index < -0.39 is 5.97 Å². The number of esters is 1. The van der Waals surface area contributed by atoms with Gasteiger partial charge < -0.3 is 20.7 Å². The molecule has 0 saturated carbocycles. The SMILES string of the molecule is CCOC(=O)C(C(N)=NCCCO)=C(O)c1ccccc1. The number of aliphatic hydroxyl groups excluding tert-OH is 2. The average molecular weight is 292 g/mol. The molecule has 1 rings (SSSR count). The summed E-state index contributed by atoms with van der Waals surface area (Å²) in [6, 6.07) is 8.55. The van der Waals surface area contributed by atoms with E-state index in [0.29, 0.717) is 12.0 Å². The monoisotopic (exact) mass is 292 g/mol. The highest BCUT2D eigenvalue weighted by Crippen LogP contribution is 2.17. The summed E-state index contributed by atoms with van der Waals surface area (Å²) in [5.41, 5.74) is 6.06. The van der Waals surface area contributed by atoms with Crippen molar-refractivity contribution in [1.82, 2.24) is 0 Å². The van der Waals surface area contributed by atoms with Crippen molar-refractivity contribution in [2.75, 3.05) is 19.8 Å². The van der Waals surface area contributed by atoms with Crippen LogP contribution >= 0.6 is 0 Å². The van der Waals surface area contributed by atoms with E-state index in [2.05, 4.69) is 4.99 Å². The van der Waals surface area contributed by atoms with Crippen LogP contribution in [0.4, 0.5) is 0 Å². The quantitative estimate of drug-likeness (QED) is 0.175. The highest BCUT2D eigenvalue weighted by atomic mass is 16.5. The number of benzene rings is 1. The summed E-state index contributed by atoms with van der Waals surface area (Å²) in [6.45, 7) is 2.05. The minimum atomic E-state index is -0.732. The molecule has 0 saturated heterocycles. The van der Waals surface area contributed by atoms with Gasteiger partial charge in [0.05, 0.1) is 6.61 Å². The van der Waals surface area contributed by atoms with Gasteiger partial charge in [-0.15, -0.1) is 0 Å². The molecule has 6 nitrogen and oxygen atoms in total. The Balaban J connectivity index is 3.18. The predicted octanol–water partition coefficient (Wildman–Crippen LogP) is 1.26. The molecule has 0 fully saturated rings. The Morgan fingerprint density at radius 3 is 2.57 bits per heavy atom. The first-order valence-corrected chi connectivity index (χ1v) is 6.68. The van der Waals surface area contributed by atoms with Gasteiger partial charge in [-0.25, -0.2) is 4.79 Å². The van der Waals surface area contributed by atoms with Crippen molar-refractivity contribution in [3.63, 3.8) is 0 Å². The van der Waals surface area contributed by atoms with E-state index in [1.54, 1.807) is 37.3 Å². The summed E-state index contributed by atoms with van der Waals surface area (Å²) in [7, 11) is 0.